The van der Waals surface area contributed by atoms with Crippen molar-refractivity contribution >= 4 is 44.5 Å². The second kappa shape index (κ2) is 14.8. The zero-order chi connectivity index (χ0) is 27.4. The SMILES string of the molecule is CC.CCC(C)(CC)S(=O)(=O)O.O=C(Nc1cccc2cc(SOOO)cc(O)c12)c1ccccc1. The van der Waals surface area contributed by atoms with Gasteiger partial charge >= 0.3 is 0 Å². The Balaban J connectivity index is 0.000000458. The first-order valence-corrected chi connectivity index (χ1v) is 13.5. The van der Waals surface area contributed by atoms with E-state index in [0.717, 1.165) is 12.0 Å². The quantitative estimate of drug-likeness (QED) is 0.106. The maximum atomic E-state index is 12.3. The van der Waals surface area contributed by atoms with Gasteiger partial charge in [-0.15, -0.1) is 4.33 Å². The molecule has 0 saturated carbocycles. The van der Waals surface area contributed by atoms with Gasteiger partial charge in [0, 0.05) is 15.8 Å². The lowest BCUT2D eigenvalue weighted by atomic mass is 10.1. The zero-order valence-corrected chi connectivity index (χ0v) is 22.5. The summed E-state index contributed by atoms with van der Waals surface area (Å²) in [5.41, 5.74) is 1.02. The summed E-state index contributed by atoms with van der Waals surface area (Å²) in [6.45, 7) is 9.04. The molecule has 0 fully saturated rings. The molecule has 0 aromatic heterocycles. The fourth-order valence-corrected chi connectivity index (χ4v) is 4.16. The van der Waals surface area contributed by atoms with Gasteiger partial charge < -0.3 is 10.4 Å². The number of hydrogen-bond donors (Lipinski definition) is 4. The van der Waals surface area contributed by atoms with Gasteiger partial charge in [0.05, 0.1) is 22.5 Å². The van der Waals surface area contributed by atoms with Crippen LogP contribution in [0.2, 0.25) is 0 Å². The van der Waals surface area contributed by atoms with E-state index in [1.807, 2.05) is 19.9 Å². The molecule has 0 atom stereocenters. The molecule has 198 valence electrons. The fourth-order valence-electron chi connectivity index (χ4n) is 2.98. The molecule has 0 heterocycles. The van der Waals surface area contributed by atoms with Crippen LogP contribution in [0.1, 0.15) is 57.8 Å². The van der Waals surface area contributed by atoms with E-state index in [0.29, 0.717) is 39.8 Å². The summed E-state index contributed by atoms with van der Waals surface area (Å²) in [4.78, 5) is 12.8. The van der Waals surface area contributed by atoms with Crippen molar-refractivity contribution in [1.29, 1.82) is 0 Å². The molecule has 0 aliphatic rings. The molecule has 3 rings (SSSR count). The molecular formula is C25H33NO8S2. The van der Waals surface area contributed by atoms with Gasteiger partial charge in [-0.25, -0.2) is 5.26 Å². The van der Waals surface area contributed by atoms with Gasteiger partial charge in [-0.2, -0.15) is 8.42 Å². The average Bonchev–Trinajstić information content (AvgIpc) is 2.88. The van der Waals surface area contributed by atoms with Gasteiger partial charge in [0.15, 0.2) is 0 Å². The van der Waals surface area contributed by atoms with Gasteiger partial charge in [-0.1, -0.05) is 63.1 Å². The Kier molecular flexibility index (Phi) is 12.9. The van der Waals surface area contributed by atoms with Gasteiger partial charge in [0.25, 0.3) is 16.0 Å². The Labute approximate surface area is 216 Å². The van der Waals surface area contributed by atoms with Crippen LogP contribution < -0.4 is 5.32 Å². The van der Waals surface area contributed by atoms with Crippen molar-refractivity contribution in [2.45, 2.75) is 57.1 Å². The van der Waals surface area contributed by atoms with Crippen molar-refractivity contribution in [1.82, 2.24) is 0 Å². The Bertz CT molecular complexity index is 1210. The lowest BCUT2D eigenvalue weighted by Gasteiger charge is -2.21. The monoisotopic (exact) mass is 539 g/mol. The molecule has 1 amide bonds. The highest BCUT2D eigenvalue weighted by molar-refractivity contribution is 7.94. The molecule has 3 aromatic carbocycles. The third-order valence-corrected chi connectivity index (χ3v) is 7.87. The van der Waals surface area contributed by atoms with Crippen LogP contribution in [0.5, 0.6) is 5.75 Å². The molecule has 3 aromatic rings. The van der Waals surface area contributed by atoms with Crippen LogP contribution in [0.4, 0.5) is 5.69 Å². The summed E-state index contributed by atoms with van der Waals surface area (Å²) >= 11 is 0.746. The highest BCUT2D eigenvalue weighted by atomic mass is 32.2. The zero-order valence-electron chi connectivity index (χ0n) is 20.9. The fraction of sp³-hybridized carbons (Fsp3) is 0.320. The number of aromatic hydroxyl groups is 1. The average molecular weight is 540 g/mol. The molecule has 36 heavy (non-hydrogen) atoms. The van der Waals surface area contributed by atoms with Crippen molar-refractivity contribution in [3.63, 3.8) is 0 Å². The maximum Gasteiger partial charge on any atom is 0.270 e. The Morgan fingerprint density at radius 1 is 1.03 bits per heavy atom. The Morgan fingerprint density at radius 2 is 1.64 bits per heavy atom. The van der Waals surface area contributed by atoms with Crippen LogP contribution in [0, 0.1) is 0 Å². The van der Waals surface area contributed by atoms with Gasteiger partial charge in [0.2, 0.25) is 0 Å². The number of phenolic OH excluding ortho intramolecular Hbond substituents is 1. The van der Waals surface area contributed by atoms with Crippen molar-refractivity contribution < 1.29 is 37.5 Å². The van der Waals surface area contributed by atoms with E-state index >= 15 is 0 Å². The third kappa shape index (κ3) is 8.47. The van der Waals surface area contributed by atoms with Crippen LogP contribution in [0.15, 0.2) is 65.6 Å². The summed E-state index contributed by atoms with van der Waals surface area (Å²) in [5.74, 6) is -0.293. The van der Waals surface area contributed by atoms with Gasteiger partial charge in [0.1, 0.15) is 5.75 Å². The molecule has 4 N–H and O–H groups in total. The first-order chi connectivity index (χ1) is 17.1. The number of anilines is 1. The molecular weight excluding hydrogens is 506 g/mol. The number of rotatable bonds is 8. The summed E-state index contributed by atoms with van der Waals surface area (Å²) < 4.78 is 33.5. The molecule has 0 bridgehead atoms. The molecule has 0 unspecified atom stereocenters. The molecule has 0 saturated heterocycles. The normalized spacial score (nSPS) is 11.1. The number of carbonyl (C=O) groups is 1. The van der Waals surface area contributed by atoms with Crippen molar-refractivity contribution in [3.05, 3.63) is 66.2 Å². The first-order valence-electron chi connectivity index (χ1n) is 11.3. The number of carbonyl (C=O) groups excluding carboxylic acids is 1. The number of fused-ring (bicyclic) bond motifs is 1. The summed E-state index contributed by atoms with van der Waals surface area (Å²) in [6.07, 6.45) is 0.894. The highest BCUT2D eigenvalue weighted by Gasteiger charge is 2.33. The molecule has 9 nitrogen and oxygen atoms in total. The van der Waals surface area contributed by atoms with Crippen LogP contribution in [0.3, 0.4) is 0 Å². The number of nitrogens with one attached hydrogen (secondary N) is 1. The smallest absolute Gasteiger partial charge is 0.270 e. The van der Waals surface area contributed by atoms with E-state index in [1.165, 1.54) is 6.07 Å². The third-order valence-electron chi connectivity index (χ3n) is 5.49. The minimum Gasteiger partial charge on any atom is -0.507 e. The van der Waals surface area contributed by atoms with E-state index in [1.54, 1.807) is 69.3 Å². The number of hydrogen-bond acceptors (Lipinski definition) is 8. The number of benzene rings is 3. The first kappa shape index (κ1) is 31.4. The molecule has 0 radical (unpaired) electrons. The number of amides is 1. The lowest BCUT2D eigenvalue weighted by molar-refractivity contribution is -0.432. The second-order valence-corrected chi connectivity index (χ2v) is 10.2. The topological polar surface area (TPSA) is 142 Å². The van der Waals surface area contributed by atoms with Crippen molar-refractivity contribution in [2.75, 3.05) is 5.32 Å². The summed E-state index contributed by atoms with van der Waals surface area (Å²) in [6, 6.07) is 17.3. The van der Waals surface area contributed by atoms with Crippen LogP contribution in [0.25, 0.3) is 10.8 Å². The Hall–Kier alpha value is -2.67. The van der Waals surface area contributed by atoms with E-state index in [4.69, 9.17) is 9.81 Å². The van der Waals surface area contributed by atoms with Crippen molar-refractivity contribution in [2.24, 2.45) is 0 Å². The van der Waals surface area contributed by atoms with Gasteiger partial charge in [-0.05, 0) is 55.5 Å². The van der Waals surface area contributed by atoms with E-state index in [9.17, 15) is 18.3 Å². The minimum absolute atomic E-state index is 0.0273. The summed E-state index contributed by atoms with van der Waals surface area (Å²) in [5, 5.41) is 26.1. The van der Waals surface area contributed by atoms with Crippen molar-refractivity contribution in [3.8, 4) is 5.75 Å². The molecule has 11 heteroatoms. The highest BCUT2D eigenvalue weighted by Crippen LogP contribution is 2.36. The molecule has 0 aliphatic carbocycles. The van der Waals surface area contributed by atoms with Gasteiger partial charge in [-0.3, -0.25) is 9.35 Å². The predicted molar refractivity (Wildman–Crippen MR) is 143 cm³/mol. The number of phenols is 1. The second-order valence-electron chi connectivity index (χ2n) is 7.52. The molecule has 0 spiro atoms. The van der Waals surface area contributed by atoms with E-state index in [2.05, 4.69) is 14.7 Å². The predicted octanol–water partition coefficient (Wildman–Crippen LogP) is 6.71. The summed E-state index contributed by atoms with van der Waals surface area (Å²) in [7, 11) is -3.86. The largest absolute Gasteiger partial charge is 0.507 e. The minimum atomic E-state index is -3.86. The van der Waals surface area contributed by atoms with Crippen LogP contribution in [-0.2, 0) is 19.5 Å². The van der Waals surface area contributed by atoms with E-state index in [-0.39, 0.29) is 11.7 Å². The lowest BCUT2D eigenvalue weighted by Crippen LogP contribution is -2.33. The molecule has 0 aliphatic heterocycles. The Morgan fingerprint density at radius 3 is 2.14 bits per heavy atom. The van der Waals surface area contributed by atoms with E-state index < -0.39 is 14.9 Å². The van der Waals surface area contributed by atoms with Crippen LogP contribution >= 0.6 is 12.0 Å². The van der Waals surface area contributed by atoms with Crippen LogP contribution in [-0.4, -0.2) is 34.0 Å². The maximum absolute atomic E-state index is 12.3. The standard InChI is InChI=1S/C17H13NO5S.C6H14O3S.C2H6/c19-15-10-13(24-23-22-21)9-12-7-4-8-14(16(12)15)18-17(20)11-5-2-1-3-6-11;1-4-6(3,5-2)10(7,8)9;1-2/h1-10,19,21H,(H,18,20);4-5H2,1-3H3,(H,7,8,9);1-2H3.